The van der Waals surface area contributed by atoms with E-state index < -0.39 is 20.3 Å². The molecule has 0 saturated carbocycles. The van der Waals surface area contributed by atoms with Crippen LogP contribution in [0.25, 0.3) is 0 Å². The van der Waals surface area contributed by atoms with Gasteiger partial charge in [0, 0.05) is 0 Å². The van der Waals surface area contributed by atoms with Crippen LogP contribution in [0, 0.1) is 11.5 Å². The number of hydrogen-bond donors (Lipinski definition) is 0. The number of rotatable bonds is 7. The van der Waals surface area contributed by atoms with Crippen molar-refractivity contribution in [2.75, 3.05) is 7.11 Å². The van der Waals surface area contributed by atoms with Crippen LogP contribution in [0.2, 0.25) is 19.6 Å². The molecule has 0 fully saturated rings. The van der Waals surface area contributed by atoms with E-state index in [1.807, 2.05) is 24.4 Å². The summed E-state index contributed by atoms with van der Waals surface area (Å²) in [7, 11) is -0.191. The Morgan fingerprint density at radius 1 is 1.29 bits per heavy atom. The molecule has 0 aliphatic carbocycles. The normalized spacial score (nSPS) is 12.3. The van der Waals surface area contributed by atoms with Crippen molar-refractivity contribution in [2.45, 2.75) is 51.6 Å². The van der Waals surface area contributed by atoms with E-state index in [-0.39, 0.29) is 0 Å². The van der Waals surface area contributed by atoms with Gasteiger partial charge in [0.25, 0.3) is 0 Å². The molecule has 1 aromatic carbocycles. The Kier molecular flexibility index (Phi) is 8.88. The molecule has 1 atom stereocenters. The molecule has 0 radical (unpaired) electrons. The highest BCUT2D eigenvalue weighted by Gasteiger charge is 2.14. The molecule has 1 rings (SSSR count). The minimum atomic E-state index is -1.50. The third-order valence-electron chi connectivity index (χ3n) is 3.06. The summed E-state index contributed by atoms with van der Waals surface area (Å²) < 4.78 is 9.78. The predicted octanol–water partition coefficient (Wildman–Crippen LogP) is 4.46. The van der Waals surface area contributed by atoms with E-state index in [9.17, 15) is 4.79 Å². The minimum absolute atomic E-state index is 0.410. The molecule has 0 bridgehead atoms. The van der Waals surface area contributed by atoms with Crippen LogP contribution in [0.3, 0.4) is 0 Å². The maximum atomic E-state index is 11.3. The van der Waals surface area contributed by atoms with E-state index in [2.05, 4.69) is 53.0 Å². The van der Waals surface area contributed by atoms with Crippen LogP contribution in [-0.2, 0) is 16.0 Å². The van der Waals surface area contributed by atoms with Gasteiger partial charge in [0.05, 0.1) is 13.7 Å². The van der Waals surface area contributed by atoms with E-state index in [1.54, 1.807) is 0 Å². The third kappa shape index (κ3) is 9.85. The first-order valence-corrected chi connectivity index (χ1v) is 11.7. The van der Waals surface area contributed by atoms with Crippen LogP contribution in [-0.4, -0.2) is 33.7 Å². The lowest BCUT2D eigenvalue weighted by Gasteiger charge is -2.12. The minimum Gasteiger partial charge on any atom is -0.438 e. The fourth-order valence-corrected chi connectivity index (χ4v) is 2.46. The summed E-state index contributed by atoms with van der Waals surface area (Å²) in [5.74, 6) is 3.09. The highest BCUT2D eigenvalue weighted by Crippen LogP contribution is 2.07. The number of carbonyl (C=O) groups excluding carboxylic acids is 1. The van der Waals surface area contributed by atoms with Crippen molar-refractivity contribution in [3.63, 3.8) is 0 Å². The number of ether oxygens (including phenoxy) is 2. The number of hydrogen-bond acceptors (Lipinski definition) is 4. The second-order valence-electron chi connectivity index (χ2n) is 6.52. The van der Waals surface area contributed by atoms with Gasteiger partial charge in [-0.15, -0.1) is 5.54 Å². The topological polar surface area (TPSA) is 47.9 Å². The SMILES string of the molecule is COC(=O)OC(C#C[Si](C)(C)C)CCCC=NCc1ccccc1. The van der Waals surface area contributed by atoms with Crippen molar-refractivity contribution in [3.8, 4) is 11.5 Å². The number of unbranched alkanes of at least 4 members (excludes halogenated alkanes) is 1. The molecule has 0 saturated heterocycles. The summed E-state index contributed by atoms with van der Waals surface area (Å²) >= 11 is 0. The van der Waals surface area contributed by atoms with Crippen LogP contribution in [0.1, 0.15) is 24.8 Å². The van der Waals surface area contributed by atoms with Crippen LogP contribution >= 0.6 is 0 Å². The molecular formula is C19H27NO3Si. The molecule has 5 heteroatoms. The summed E-state index contributed by atoms with van der Waals surface area (Å²) in [6.07, 6.45) is 3.22. The fraction of sp³-hybridized carbons (Fsp3) is 0.474. The average Bonchev–Trinajstić information content (AvgIpc) is 2.55. The van der Waals surface area contributed by atoms with Crippen molar-refractivity contribution in [1.82, 2.24) is 0 Å². The highest BCUT2D eigenvalue weighted by atomic mass is 28.3. The number of aliphatic imine (C=N–C) groups is 1. The Bertz CT molecular complexity index is 582. The number of benzene rings is 1. The molecule has 0 aliphatic rings. The van der Waals surface area contributed by atoms with Gasteiger partial charge in [-0.25, -0.2) is 4.79 Å². The van der Waals surface area contributed by atoms with E-state index in [4.69, 9.17) is 4.74 Å². The smallest absolute Gasteiger partial charge is 0.438 e. The van der Waals surface area contributed by atoms with Crippen molar-refractivity contribution < 1.29 is 14.3 Å². The second kappa shape index (κ2) is 10.7. The summed E-state index contributed by atoms with van der Waals surface area (Å²) in [4.78, 5) is 15.7. The summed E-state index contributed by atoms with van der Waals surface area (Å²) in [5.41, 5.74) is 4.44. The van der Waals surface area contributed by atoms with Gasteiger partial charge in [-0.05, 0) is 31.0 Å². The zero-order chi connectivity index (χ0) is 17.8. The van der Waals surface area contributed by atoms with Crippen LogP contribution in [0.15, 0.2) is 35.3 Å². The fourth-order valence-electron chi connectivity index (χ4n) is 1.86. The Labute approximate surface area is 146 Å². The number of nitrogens with zero attached hydrogens (tertiary/aromatic N) is 1. The van der Waals surface area contributed by atoms with Gasteiger partial charge in [-0.2, -0.15) is 0 Å². The van der Waals surface area contributed by atoms with Crippen LogP contribution < -0.4 is 0 Å². The average molecular weight is 346 g/mol. The van der Waals surface area contributed by atoms with Gasteiger partial charge in [0.2, 0.25) is 0 Å². The number of methoxy groups -OCH3 is 1. The molecule has 130 valence electrons. The van der Waals surface area contributed by atoms with Crippen LogP contribution in [0.4, 0.5) is 4.79 Å². The van der Waals surface area contributed by atoms with Gasteiger partial charge in [0.1, 0.15) is 8.07 Å². The van der Waals surface area contributed by atoms with Crippen molar-refractivity contribution >= 4 is 20.4 Å². The summed E-state index contributed by atoms with van der Waals surface area (Å²) in [6.45, 7) is 7.17. The Morgan fingerprint density at radius 2 is 2.00 bits per heavy atom. The second-order valence-corrected chi connectivity index (χ2v) is 11.3. The summed E-state index contributed by atoms with van der Waals surface area (Å²) in [5, 5.41) is 0. The molecule has 1 unspecified atom stereocenters. The van der Waals surface area contributed by atoms with Gasteiger partial charge in [-0.3, -0.25) is 4.99 Å². The first-order valence-electron chi connectivity index (χ1n) is 8.20. The Morgan fingerprint density at radius 3 is 2.62 bits per heavy atom. The molecule has 0 aliphatic heterocycles. The van der Waals surface area contributed by atoms with Gasteiger partial charge < -0.3 is 9.47 Å². The first-order chi connectivity index (χ1) is 11.4. The third-order valence-corrected chi connectivity index (χ3v) is 3.95. The molecule has 24 heavy (non-hydrogen) atoms. The number of carbonyl (C=O) groups is 1. The Hall–Kier alpha value is -2.06. The van der Waals surface area contributed by atoms with Gasteiger partial charge >= 0.3 is 6.16 Å². The molecule has 0 spiro atoms. The lowest BCUT2D eigenvalue weighted by atomic mass is 10.1. The van der Waals surface area contributed by atoms with E-state index in [1.165, 1.54) is 12.7 Å². The molecule has 0 N–H and O–H groups in total. The van der Waals surface area contributed by atoms with Crippen molar-refractivity contribution in [1.29, 1.82) is 0 Å². The monoisotopic (exact) mass is 345 g/mol. The molecule has 0 aromatic heterocycles. The largest absolute Gasteiger partial charge is 0.509 e. The zero-order valence-electron chi connectivity index (χ0n) is 15.0. The predicted molar refractivity (Wildman–Crippen MR) is 101 cm³/mol. The Balaban J connectivity index is 2.40. The maximum Gasteiger partial charge on any atom is 0.509 e. The van der Waals surface area contributed by atoms with E-state index >= 15 is 0 Å². The molecular weight excluding hydrogens is 318 g/mol. The molecule has 4 nitrogen and oxygen atoms in total. The summed E-state index contributed by atoms with van der Waals surface area (Å²) in [6, 6.07) is 10.1. The lowest BCUT2D eigenvalue weighted by molar-refractivity contribution is 0.0525. The van der Waals surface area contributed by atoms with Crippen molar-refractivity contribution in [3.05, 3.63) is 35.9 Å². The maximum absolute atomic E-state index is 11.3. The van der Waals surface area contributed by atoms with Gasteiger partial charge in [-0.1, -0.05) is 55.9 Å². The highest BCUT2D eigenvalue weighted by molar-refractivity contribution is 6.83. The molecule has 0 amide bonds. The van der Waals surface area contributed by atoms with E-state index in [0.717, 1.165) is 12.8 Å². The lowest BCUT2D eigenvalue weighted by Crippen LogP contribution is -2.21. The van der Waals surface area contributed by atoms with Crippen molar-refractivity contribution in [2.24, 2.45) is 4.99 Å². The van der Waals surface area contributed by atoms with Gasteiger partial charge in [0.15, 0.2) is 6.10 Å². The first kappa shape index (κ1) is 20.0. The standard InChI is InChI=1S/C19H27NO3Si/c1-22-19(21)23-18(13-15-24(2,3)4)12-8-9-14-20-16-17-10-6-5-7-11-17/h5-7,10-11,14,18H,8-9,12,16H2,1-4H3. The quantitative estimate of drug-likeness (QED) is 0.241. The van der Waals surface area contributed by atoms with E-state index in [0.29, 0.717) is 13.0 Å². The molecule has 0 heterocycles. The zero-order valence-corrected chi connectivity index (χ0v) is 16.0. The van der Waals surface area contributed by atoms with Crippen LogP contribution in [0.5, 0.6) is 0 Å². The molecule has 1 aromatic rings.